The van der Waals surface area contributed by atoms with Crippen LogP contribution in [0.4, 0.5) is 0 Å². The average Bonchev–Trinajstić information content (AvgIpc) is 3.23. The number of morpholine rings is 1. The van der Waals surface area contributed by atoms with Crippen LogP contribution in [0.25, 0.3) is 11.3 Å². The standard InChI is InChI=1S/C23H29ClN4O5S/c1-32-17-4-5-20-18(13-17)22-19(15-34(20,30)31)21(23(29)27-9-11-33-12-10-27)25-28(22)16-3-2-7-26(14-16)8-6-24/h4-5,13,16H,2-3,6-12,14-15H2,1H3/t16-/m0/s1. The number of halogens is 1. The molecule has 184 valence electrons. The van der Waals surface area contributed by atoms with E-state index in [0.717, 1.165) is 32.5 Å². The van der Waals surface area contributed by atoms with Gasteiger partial charge in [0, 0.05) is 43.2 Å². The Kier molecular flexibility index (Phi) is 6.58. The largest absolute Gasteiger partial charge is 0.497 e. The van der Waals surface area contributed by atoms with Gasteiger partial charge in [-0.05, 0) is 37.6 Å². The van der Waals surface area contributed by atoms with Crippen LogP contribution in [-0.2, 0) is 20.3 Å². The molecule has 4 heterocycles. The Hall–Kier alpha value is -2.14. The number of ether oxygens (including phenoxy) is 2. The highest BCUT2D eigenvalue weighted by Gasteiger charge is 2.39. The second kappa shape index (κ2) is 9.49. The Morgan fingerprint density at radius 1 is 1.26 bits per heavy atom. The molecular weight excluding hydrogens is 480 g/mol. The van der Waals surface area contributed by atoms with Crippen LogP contribution >= 0.6 is 11.6 Å². The highest BCUT2D eigenvalue weighted by molar-refractivity contribution is 7.90. The second-order valence-corrected chi connectivity index (χ2v) is 11.3. The predicted molar refractivity (Wildman–Crippen MR) is 127 cm³/mol. The third kappa shape index (κ3) is 4.21. The summed E-state index contributed by atoms with van der Waals surface area (Å²) in [5, 5.41) is 4.82. The Labute approximate surface area is 204 Å². The minimum atomic E-state index is -3.64. The van der Waals surface area contributed by atoms with E-state index in [0.29, 0.717) is 54.8 Å². The Morgan fingerprint density at radius 2 is 2.06 bits per heavy atom. The SMILES string of the molecule is COc1ccc2c(c1)-c1c(c(C(=O)N3CCOCC3)nn1[C@H]1CCCN(CCCl)C1)CS2(=O)=O. The maximum absolute atomic E-state index is 13.5. The van der Waals surface area contributed by atoms with Crippen LogP contribution < -0.4 is 4.74 Å². The number of carbonyl (C=O) groups is 1. The highest BCUT2D eigenvalue weighted by Crippen LogP contribution is 2.43. The number of rotatable bonds is 5. The van der Waals surface area contributed by atoms with Crippen LogP contribution in [0.5, 0.6) is 5.75 Å². The lowest BCUT2D eigenvalue weighted by atomic mass is 10.0. The number of hydrogen-bond donors (Lipinski definition) is 0. The van der Waals surface area contributed by atoms with Gasteiger partial charge in [0.05, 0.1) is 42.7 Å². The lowest BCUT2D eigenvalue weighted by Gasteiger charge is -2.33. The van der Waals surface area contributed by atoms with Crippen LogP contribution in [-0.4, -0.2) is 92.8 Å². The summed E-state index contributed by atoms with van der Waals surface area (Å²) in [5.74, 6) is 0.616. The number of piperidine rings is 1. The molecule has 2 aromatic rings. The third-order valence-electron chi connectivity index (χ3n) is 6.85. The number of fused-ring (bicyclic) bond motifs is 3. The maximum Gasteiger partial charge on any atom is 0.274 e. The predicted octanol–water partition coefficient (Wildman–Crippen LogP) is 2.19. The van der Waals surface area contributed by atoms with Crippen molar-refractivity contribution >= 4 is 27.3 Å². The number of aromatic nitrogens is 2. The van der Waals surface area contributed by atoms with Crippen LogP contribution in [0, 0.1) is 0 Å². The van der Waals surface area contributed by atoms with Crippen molar-refractivity contribution in [2.75, 3.05) is 58.9 Å². The van der Waals surface area contributed by atoms with Gasteiger partial charge in [0.1, 0.15) is 5.75 Å². The zero-order valence-electron chi connectivity index (χ0n) is 19.2. The molecule has 0 N–H and O–H groups in total. The first-order chi connectivity index (χ1) is 16.4. The molecule has 34 heavy (non-hydrogen) atoms. The number of benzene rings is 1. The second-order valence-electron chi connectivity index (χ2n) is 8.93. The molecule has 0 bridgehead atoms. The molecule has 2 fully saturated rings. The molecular formula is C23H29ClN4O5S. The van der Waals surface area contributed by atoms with Gasteiger partial charge in [-0.1, -0.05) is 0 Å². The van der Waals surface area contributed by atoms with E-state index in [1.165, 1.54) is 0 Å². The molecule has 11 heteroatoms. The van der Waals surface area contributed by atoms with E-state index in [1.54, 1.807) is 30.2 Å². The minimum absolute atomic E-state index is 0.0109. The van der Waals surface area contributed by atoms with Gasteiger partial charge in [-0.25, -0.2) is 8.42 Å². The molecule has 3 aliphatic heterocycles. The van der Waals surface area contributed by atoms with Crippen molar-refractivity contribution in [3.05, 3.63) is 29.5 Å². The number of methoxy groups -OCH3 is 1. The number of sulfone groups is 1. The summed E-state index contributed by atoms with van der Waals surface area (Å²) >= 11 is 6.00. The Morgan fingerprint density at radius 3 is 2.79 bits per heavy atom. The number of hydrogen-bond acceptors (Lipinski definition) is 7. The lowest BCUT2D eigenvalue weighted by molar-refractivity contribution is 0.0297. The van der Waals surface area contributed by atoms with Crippen molar-refractivity contribution in [1.82, 2.24) is 19.6 Å². The molecule has 1 aromatic heterocycles. The lowest BCUT2D eigenvalue weighted by Crippen LogP contribution is -2.41. The number of carbonyl (C=O) groups excluding carboxylic acids is 1. The summed E-state index contributed by atoms with van der Waals surface area (Å²) in [4.78, 5) is 17.8. The van der Waals surface area contributed by atoms with Gasteiger partial charge in [0.2, 0.25) is 0 Å². The number of nitrogens with zero attached hydrogens (tertiary/aromatic N) is 4. The molecule has 2 saturated heterocycles. The van der Waals surface area contributed by atoms with Crippen molar-refractivity contribution in [3.63, 3.8) is 0 Å². The van der Waals surface area contributed by atoms with Crippen LogP contribution in [0.1, 0.15) is 34.9 Å². The fourth-order valence-corrected chi connectivity index (χ4v) is 6.97. The van der Waals surface area contributed by atoms with Gasteiger partial charge in [-0.2, -0.15) is 5.10 Å². The molecule has 0 radical (unpaired) electrons. The van der Waals surface area contributed by atoms with Crippen LogP contribution in [0.2, 0.25) is 0 Å². The van der Waals surface area contributed by atoms with E-state index in [9.17, 15) is 13.2 Å². The van der Waals surface area contributed by atoms with Crippen molar-refractivity contribution < 1.29 is 22.7 Å². The van der Waals surface area contributed by atoms with Gasteiger partial charge in [0.15, 0.2) is 15.5 Å². The van der Waals surface area contributed by atoms with Gasteiger partial charge in [0.25, 0.3) is 5.91 Å². The number of amides is 1. The molecule has 0 spiro atoms. The first-order valence-electron chi connectivity index (χ1n) is 11.6. The summed E-state index contributed by atoms with van der Waals surface area (Å²) in [7, 11) is -2.08. The van der Waals surface area contributed by atoms with E-state index in [4.69, 9.17) is 26.2 Å². The first kappa shape index (κ1) is 23.6. The van der Waals surface area contributed by atoms with E-state index >= 15 is 0 Å². The maximum atomic E-state index is 13.5. The molecule has 1 amide bonds. The fourth-order valence-electron chi connectivity index (χ4n) is 5.16. The van der Waals surface area contributed by atoms with Gasteiger partial charge in [-0.15, -0.1) is 11.6 Å². The van der Waals surface area contributed by atoms with Crippen molar-refractivity contribution in [1.29, 1.82) is 0 Å². The fraction of sp³-hybridized carbons (Fsp3) is 0.565. The van der Waals surface area contributed by atoms with Crippen molar-refractivity contribution in [2.45, 2.75) is 29.5 Å². The van der Waals surface area contributed by atoms with Gasteiger partial charge in [-0.3, -0.25) is 9.48 Å². The highest BCUT2D eigenvalue weighted by atomic mass is 35.5. The summed E-state index contributed by atoms with van der Waals surface area (Å²) in [6, 6.07) is 5.00. The molecule has 9 nitrogen and oxygen atoms in total. The summed E-state index contributed by atoms with van der Waals surface area (Å²) < 4.78 is 39.2. The monoisotopic (exact) mass is 508 g/mol. The molecule has 3 aliphatic rings. The number of alkyl halides is 1. The quantitative estimate of drug-likeness (QED) is 0.571. The Balaban J connectivity index is 1.67. The van der Waals surface area contributed by atoms with E-state index in [2.05, 4.69) is 4.90 Å². The van der Waals surface area contributed by atoms with Crippen LogP contribution in [0.3, 0.4) is 0 Å². The van der Waals surface area contributed by atoms with E-state index in [-0.39, 0.29) is 28.3 Å². The van der Waals surface area contributed by atoms with Gasteiger partial charge >= 0.3 is 0 Å². The number of likely N-dealkylation sites (tertiary alicyclic amines) is 1. The summed E-state index contributed by atoms with van der Waals surface area (Å²) in [5.41, 5.74) is 1.96. The van der Waals surface area contributed by atoms with E-state index < -0.39 is 9.84 Å². The zero-order valence-corrected chi connectivity index (χ0v) is 20.8. The molecule has 0 unspecified atom stereocenters. The smallest absolute Gasteiger partial charge is 0.274 e. The topological polar surface area (TPSA) is 94.0 Å². The Bertz CT molecular complexity index is 1190. The molecule has 1 aromatic carbocycles. The average molecular weight is 509 g/mol. The van der Waals surface area contributed by atoms with Crippen molar-refractivity contribution in [2.24, 2.45) is 0 Å². The molecule has 5 rings (SSSR count). The third-order valence-corrected chi connectivity index (χ3v) is 8.71. The minimum Gasteiger partial charge on any atom is -0.497 e. The van der Waals surface area contributed by atoms with Gasteiger partial charge < -0.3 is 19.3 Å². The molecule has 0 saturated carbocycles. The van der Waals surface area contributed by atoms with E-state index in [1.807, 2.05) is 4.68 Å². The van der Waals surface area contributed by atoms with Crippen molar-refractivity contribution in [3.8, 4) is 17.0 Å². The normalized spacial score (nSPS) is 22.2. The first-order valence-corrected chi connectivity index (χ1v) is 13.8. The zero-order chi connectivity index (χ0) is 23.9. The van der Waals surface area contributed by atoms with Crippen LogP contribution in [0.15, 0.2) is 23.1 Å². The summed E-state index contributed by atoms with van der Waals surface area (Å²) in [6.45, 7) is 4.34. The molecule has 1 atom stereocenters. The molecule has 0 aliphatic carbocycles. The summed E-state index contributed by atoms with van der Waals surface area (Å²) in [6.07, 6.45) is 1.87.